The summed E-state index contributed by atoms with van der Waals surface area (Å²) >= 11 is 0. The third-order valence-electron chi connectivity index (χ3n) is 1.93. The first-order chi connectivity index (χ1) is 8.12. The third-order valence-corrected chi connectivity index (χ3v) is 1.93. The van der Waals surface area contributed by atoms with Crippen LogP contribution in [-0.4, -0.2) is 16.1 Å². The normalized spacial score (nSPS) is 11.9. The zero-order valence-corrected chi connectivity index (χ0v) is 8.43. The Labute approximate surface area is 96.1 Å². The fourth-order valence-corrected chi connectivity index (χ4v) is 1.37. The molecule has 0 saturated carbocycles. The van der Waals surface area contributed by atoms with E-state index in [2.05, 4.69) is 4.98 Å². The Morgan fingerprint density at radius 2 is 1.94 bits per heavy atom. The molecule has 0 spiro atoms. The maximum Gasteiger partial charge on any atom is 0.418 e. The summed E-state index contributed by atoms with van der Waals surface area (Å²) in [5.74, 6) is -3.29. The van der Waals surface area contributed by atoms with Crippen LogP contribution in [0.1, 0.15) is 23.2 Å². The van der Waals surface area contributed by atoms with Crippen LogP contribution in [0.15, 0.2) is 6.07 Å². The molecule has 0 saturated heterocycles. The van der Waals surface area contributed by atoms with Gasteiger partial charge in [-0.3, -0.25) is 4.79 Å². The van der Waals surface area contributed by atoms with Crippen molar-refractivity contribution in [2.24, 2.45) is 0 Å². The van der Waals surface area contributed by atoms with Crippen molar-refractivity contribution >= 4 is 5.97 Å². The SMILES string of the molecule is O=C(O)Cc1cc(F)nc(C(F)F)c1C(F)(F)F. The summed E-state index contributed by atoms with van der Waals surface area (Å²) in [7, 11) is 0. The average molecular weight is 273 g/mol. The Hall–Kier alpha value is -1.80. The molecular weight excluding hydrogens is 268 g/mol. The van der Waals surface area contributed by atoms with Gasteiger partial charge < -0.3 is 5.11 Å². The Morgan fingerprint density at radius 3 is 2.33 bits per heavy atom. The smallest absolute Gasteiger partial charge is 0.418 e. The van der Waals surface area contributed by atoms with Crippen molar-refractivity contribution in [3.05, 3.63) is 28.8 Å². The number of halogens is 6. The second kappa shape index (κ2) is 4.83. The van der Waals surface area contributed by atoms with Crippen LogP contribution in [0.5, 0.6) is 0 Å². The van der Waals surface area contributed by atoms with E-state index in [0.717, 1.165) is 0 Å². The highest BCUT2D eigenvalue weighted by Crippen LogP contribution is 2.38. The molecule has 0 atom stereocenters. The number of nitrogens with zero attached hydrogens (tertiary/aromatic N) is 1. The molecule has 0 aliphatic carbocycles. The van der Waals surface area contributed by atoms with E-state index >= 15 is 0 Å². The molecule has 0 aromatic carbocycles. The van der Waals surface area contributed by atoms with Crippen LogP contribution in [0.2, 0.25) is 0 Å². The number of rotatable bonds is 3. The average Bonchev–Trinajstić information content (AvgIpc) is 2.12. The number of carbonyl (C=O) groups is 1. The first-order valence-corrected chi connectivity index (χ1v) is 4.39. The van der Waals surface area contributed by atoms with Crippen molar-refractivity contribution in [3.63, 3.8) is 0 Å². The lowest BCUT2D eigenvalue weighted by Crippen LogP contribution is -2.18. The van der Waals surface area contributed by atoms with Crippen LogP contribution in [0.25, 0.3) is 0 Å². The van der Waals surface area contributed by atoms with Crippen molar-refractivity contribution in [1.82, 2.24) is 4.98 Å². The van der Waals surface area contributed by atoms with Gasteiger partial charge in [-0.15, -0.1) is 0 Å². The van der Waals surface area contributed by atoms with Crippen LogP contribution in [0.3, 0.4) is 0 Å². The third kappa shape index (κ3) is 3.11. The van der Waals surface area contributed by atoms with Gasteiger partial charge in [0.25, 0.3) is 6.43 Å². The second-order valence-corrected chi connectivity index (χ2v) is 3.23. The van der Waals surface area contributed by atoms with Gasteiger partial charge >= 0.3 is 12.1 Å². The largest absolute Gasteiger partial charge is 0.481 e. The minimum absolute atomic E-state index is 0.183. The first kappa shape index (κ1) is 14.3. The Balaban J connectivity index is 3.53. The van der Waals surface area contributed by atoms with Crippen LogP contribution >= 0.6 is 0 Å². The summed E-state index contributed by atoms with van der Waals surface area (Å²) in [5, 5.41) is 8.38. The zero-order chi connectivity index (χ0) is 14.1. The van der Waals surface area contributed by atoms with Gasteiger partial charge in [0.2, 0.25) is 5.95 Å². The fourth-order valence-electron chi connectivity index (χ4n) is 1.37. The van der Waals surface area contributed by atoms with E-state index in [4.69, 9.17) is 5.11 Å². The summed E-state index contributed by atoms with van der Waals surface area (Å²) in [5.41, 5.74) is -4.79. The van der Waals surface area contributed by atoms with E-state index in [1.54, 1.807) is 0 Å². The maximum atomic E-state index is 12.8. The number of hydrogen-bond acceptors (Lipinski definition) is 2. The molecule has 0 radical (unpaired) electrons. The molecule has 0 unspecified atom stereocenters. The second-order valence-electron chi connectivity index (χ2n) is 3.23. The molecule has 1 heterocycles. The molecule has 100 valence electrons. The number of pyridine rings is 1. The Bertz CT molecular complexity index is 471. The van der Waals surface area contributed by atoms with Gasteiger partial charge in [-0.1, -0.05) is 0 Å². The van der Waals surface area contributed by atoms with Crippen LogP contribution in [0, 0.1) is 5.95 Å². The van der Waals surface area contributed by atoms with Gasteiger partial charge in [-0.05, 0) is 11.6 Å². The van der Waals surface area contributed by atoms with Crippen molar-refractivity contribution < 1.29 is 36.2 Å². The molecule has 1 N–H and O–H groups in total. The summed E-state index contributed by atoms with van der Waals surface area (Å²) in [4.78, 5) is 12.8. The fraction of sp³-hybridized carbons (Fsp3) is 0.333. The molecule has 1 aromatic heterocycles. The summed E-state index contributed by atoms with van der Waals surface area (Å²) in [6, 6.07) is 0.183. The van der Waals surface area contributed by atoms with Gasteiger partial charge in [0.15, 0.2) is 0 Å². The molecule has 3 nitrogen and oxygen atoms in total. The van der Waals surface area contributed by atoms with Crippen molar-refractivity contribution in [3.8, 4) is 0 Å². The molecule has 9 heteroatoms. The van der Waals surface area contributed by atoms with Gasteiger partial charge in [0, 0.05) is 0 Å². The molecule has 0 aliphatic rings. The van der Waals surface area contributed by atoms with Crippen molar-refractivity contribution in [1.29, 1.82) is 0 Å². The molecule has 1 rings (SSSR count). The van der Waals surface area contributed by atoms with E-state index in [0.29, 0.717) is 0 Å². The predicted octanol–water partition coefficient (Wildman–Crippen LogP) is 2.80. The number of aromatic nitrogens is 1. The molecule has 0 fully saturated rings. The van der Waals surface area contributed by atoms with Crippen LogP contribution in [0.4, 0.5) is 26.3 Å². The van der Waals surface area contributed by atoms with Crippen molar-refractivity contribution in [2.45, 2.75) is 19.0 Å². The number of alkyl halides is 5. The highest BCUT2D eigenvalue weighted by Gasteiger charge is 2.40. The van der Waals surface area contributed by atoms with Gasteiger partial charge in [0.05, 0.1) is 12.0 Å². The molecular formula is C9H5F6NO2. The van der Waals surface area contributed by atoms with Gasteiger partial charge in [-0.25, -0.2) is 13.8 Å². The molecule has 0 amide bonds. The summed E-state index contributed by atoms with van der Waals surface area (Å²) < 4.78 is 75.2. The number of aliphatic carboxylic acids is 1. The van der Waals surface area contributed by atoms with E-state index in [1.165, 1.54) is 0 Å². The molecule has 0 aliphatic heterocycles. The zero-order valence-electron chi connectivity index (χ0n) is 8.43. The quantitative estimate of drug-likeness (QED) is 0.680. The monoisotopic (exact) mass is 273 g/mol. The lowest BCUT2D eigenvalue weighted by molar-refractivity contribution is -0.141. The minimum atomic E-state index is -5.24. The van der Waals surface area contributed by atoms with Crippen LogP contribution in [-0.2, 0) is 17.4 Å². The molecule has 1 aromatic rings. The topological polar surface area (TPSA) is 50.2 Å². The van der Waals surface area contributed by atoms with E-state index < -0.39 is 47.8 Å². The Morgan fingerprint density at radius 1 is 1.39 bits per heavy atom. The van der Waals surface area contributed by atoms with E-state index in [-0.39, 0.29) is 6.07 Å². The summed E-state index contributed by atoms with van der Waals surface area (Å²) in [6.07, 6.45) is -10.1. The predicted molar refractivity (Wildman–Crippen MR) is 45.5 cm³/mol. The van der Waals surface area contributed by atoms with E-state index in [9.17, 15) is 31.1 Å². The maximum absolute atomic E-state index is 12.8. The molecule has 0 bridgehead atoms. The van der Waals surface area contributed by atoms with Gasteiger partial charge in [-0.2, -0.15) is 17.6 Å². The van der Waals surface area contributed by atoms with E-state index in [1.807, 2.05) is 0 Å². The number of carboxylic acids is 1. The van der Waals surface area contributed by atoms with Crippen molar-refractivity contribution in [2.75, 3.05) is 0 Å². The number of hydrogen-bond donors (Lipinski definition) is 1. The summed E-state index contributed by atoms with van der Waals surface area (Å²) in [6.45, 7) is 0. The first-order valence-electron chi connectivity index (χ1n) is 4.39. The Kier molecular flexibility index (Phi) is 3.82. The minimum Gasteiger partial charge on any atom is -0.481 e. The lowest BCUT2D eigenvalue weighted by atomic mass is 10.0. The number of carboxylic acid groups (broad SMARTS) is 1. The molecule has 18 heavy (non-hydrogen) atoms. The highest BCUT2D eigenvalue weighted by molar-refractivity contribution is 5.71. The van der Waals surface area contributed by atoms with Gasteiger partial charge in [0.1, 0.15) is 5.69 Å². The highest BCUT2D eigenvalue weighted by atomic mass is 19.4. The standard InChI is InChI=1S/C9H5F6NO2/c10-4-1-3(2-5(17)18)6(9(13,14)15)7(16-4)8(11)12/h1,8H,2H2,(H,17,18). The van der Waals surface area contributed by atoms with Crippen LogP contribution < -0.4 is 0 Å². The lowest BCUT2D eigenvalue weighted by Gasteiger charge is -2.15.